The molecule has 0 spiro atoms. The molecule has 0 saturated carbocycles. The fraction of sp³-hybridized carbons (Fsp3) is 0.545. The summed E-state index contributed by atoms with van der Waals surface area (Å²) in [6.45, 7) is 4.08. The third-order valence-electron chi connectivity index (χ3n) is 2.83. The lowest BCUT2D eigenvalue weighted by Gasteiger charge is -2.16. The smallest absolute Gasteiger partial charge is 0.263 e. The maximum absolute atomic E-state index is 12.2. The molecule has 8 heteroatoms. The molecule has 0 aliphatic heterocycles. The Balaban J connectivity index is 3.59. The van der Waals surface area contributed by atoms with Crippen molar-refractivity contribution in [2.45, 2.75) is 18.7 Å². The molecule has 1 rings (SSSR count). The quantitative estimate of drug-likeness (QED) is 0.844. The number of nitrogens with two attached hydrogens (primary N) is 1. The van der Waals surface area contributed by atoms with E-state index < -0.39 is 9.84 Å². The molecule has 6 nitrogen and oxygen atoms in total. The van der Waals surface area contributed by atoms with Crippen LogP contribution >= 0.6 is 11.3 Å². The number of hydrogen-bond acceptors (Lipinski definition) is 6. The van der Waals surface area contributed by atoms with E-state index in [1.54, 1.807) is 18.9 Å². The number of rotatable bonds is 5. The van der Waals surface area contributed by atoms with Crippen molar-refractivity contribution in [1.82, 2.24) is 5.32 Å². The summed E-state index contributed by atoms with van der Waals surface area (Å²) in [4.78, 5) is 13.8. The molecular formula is C11H19N3O3S2. The molecule has 0 saturated heterocycles. The van der Waals surface area contributed by atoms with E-state index in [9.17, 15) is 13.2 Å². The molecule has 0 aromatic carbocycles. The molecular weight excluding hydrogens is 286 g/mol. The Morgan fingerprint density at radius 3 is 2.42 bits per heavy atom. The van der Waals surface area contributed by atoms with Gasteiger partial charge < -0.3 is 16.0 Å². The molecule has 0 atom stereocenters. The topological polar surface area (TPSA) is 92.5 Å². The first kappa shape index (κ1) is 15.8. The molecule has 1 amide bonds. The number of nitrogens with one attached hydrogen (secondary N) is 1. The normalized spacial score (nSPS) is 11.4. The second-order valence-electron chi connectivity index (χ2n) is 3.98. The summed E-state index contributed by atoms with van der Waals surface area (Å²) in [5.74, 6) is -0.420. The lowest BCUT2D eigenvalue weighted by Crippen LogP contribution is -2.19. The molecule has 0 fully saturated rings. The van der Waals surface area contributed by atoms with Gasteiger partial charge in [0.1, 0.15) is 14.8 Å². The summed E-state index contributed by atoms with van der Waals surface area (Å²) in [5, 5.41) is 2.98. The Bertz CT molecular complexity index is 578. The van der Waals surface area contributed by atoms with E-state index in [-0.39, 0.29) is 27.1 Å². The van der Waals surface area contributed by atoms with Crippen LogP contribution < -0.4 is 16.0 Å². The number of sulfone groups is 1. The highest BCUT2D eigenvalue weighted by atomic mass is 32.2. The predicted molar refractivity (Wildman–Crippen MR) is 78.8 cm³/mol. The lowest BCUT2D eigenvalue weighted by molar-refractivity contribution is 0.0968. The Labute approximate surface area is 117 Å². The number of amides is 1. The second kappa shape index (κ2) is 5.79. The molecule has 0 unspecified atom stereocenters. The van der Waals surface area contributed by atoms with Crippen molar-refractivity contribution in [2.24, 2.45) is 0 Å². The van der Waals surface area contributed by atoms with Gasteiger partial charge in [0.2, 0.25) is 0 Å². The molecule has 0 radical (unpaired) electrons. The van der Waals surface area contributed by atoms with Crippen LogP contribution in [0.5, 0.6) is 0 Å². The van der Waals surface area contributed by atoms with Crippen LogP contribution in [0.4, 0.5) is 10.7 Å². The molecule has 19 heavy (non-hydrogen) atoms. The summed E-state index contributed by atoms with van der Waals surface area (Å²) < 4.78 is 24.3. The van der Waals surface area contributed by atoms with Crippen molar-refractivity contribution in [3.63, 3.8) is 0 Å². The number of hydrogen-bond donors (Lipinski definition) is 2. The van der Waals surface area contributed by atoms with Gasteiger partial charge in [0, 0.05) is 20.6 Å². The van der Waals surface area contributed by atoms with Crippen LogP contribution in [0.2, 0.25) is 0 Å². The van der Waals surface area contributed by atoms with Gasteiger partial charge in [0.25, 0.3) is 5.91 Å². The molecule has 0 aliphatic carbocycles. The Hall–Kier alpha value is -1.28. The van der Waals surface area contributed by atoms with Crippen LogP contribution in [0.25, 0.3) is 0 Å². The first-order valence-electron chi connectivity index (χ1n) is 5.88. The third-order valence-corrected chi connectivity index (χ3v) is 6.07. The van der Waals surface area contributed by atoms with Crippen molar-refractivity contribution in [3.8, 4) is 0 Å². The van der Waals surface area contributed by atoms with Crippen LogP contribution in [0.3, 0.4) is 0 Å². The van der Waals surface area contributed by atoms with Gasteiger partial charge in [-0.05, 0) is 6.92 Å². The van der Waals surface area contributed by atoms with Crippen molar-refractivity contribution in [1.29, 1.82) is 0 Å². The van der Waals surface area contributed by atoms with Gasteiger partial charge in [-0.15, -0.1) is 11.3 Å². The van der Waals surface area contributed by atoms with Gasteiger partial charge in [-0.25, -0.2) is 8.42 Å². The molecule has 0 bridgehead atoms. The van der Waals surface area contributed by atoms with Crippen molar-refractivity contribution in [3.05, 3.63) is 4.88 Å². The number of carbonyl (C=O) groups is 1. The minimum atomic E-state index is -3.47. The summed E-state index contributed by atoms with van der Waals surface area (Å²) in [5.41, 5.74) is 5.92. The van der Waals surface area contributed by atoms with E-state index in [2.05, 4.69) is 5.32 Å². The maximum atomic E-state index is 12.2. The average molecular weight is 305 g/mol. The number of carbonyl (C=O) groups excluding carboxylic acids is 1. The highest BCUT2D eigenvalue weighted by Crippen LogP contribution is 2.41. The van der Waals surface area contributed by atoms with E-state index in [1.165, 1.54) is 7.05 Å². The highest BCUT2D eigenvalue weighted by Gasteiger charge is 2.29. The number of nitrogens with zero attached hydrogens (tertiary/aromatic N) is 1. The summed E-state index contributed by atoms with van der Waals surface area (Å²) >= 11 is 1.10. The standard InChI is InChI=1S/C11H19N3O3S2/c1-5-14(4)11-9(19(16,17)6-2)7(12)8(18-11)10(15)13-3/h5-6,12H2,1-4H3,(H,13,15). The van der Waals surface area contributed by atoms with E-state index in [0.717, 1.165) is 11.3 Å². The summed E-state index contributed by atoms with van der Waals surface area (Å²) in [7, 11) is -0.216. The van der Waals surface area contributed by atoms with Gasteiger partial charge in [0.05, 0.1) is 11.4 Å². The average Bonchev–Trinajstić information content (AvgIpc) is 2.75. The molecule has 1 aromatic heterocycles. The zero-order valence-electron chi connectivity index (χ0n) is 11.5. The SMILES string of the molecule is CCN(C)c1sc(C(=O)NC)c(N)c1S(=O)(=O)CC. The van der Waals surface area contributed by atoms with Crippen LogP contribution in [-0.2, 0) is 9.84 Å². The zero-order chi connectivity index (χ0) is 14.8. The Morgan fingerprint density at radius 1 is 1.42 bits per heavy atom. The number of nitrogen functional groups attached to an aromatic ring is 1. The molecule has 1 heterocycles. The largest absolute Gasteiger partial charge is 0.396 e. The number of thiophene rings is 1. The fourth-order valence-corrected chi connectivity index (χ4v) is 4.34. The van der Waals surface area contributed by atoms with Crippen molar-refractivity contribution in [2.75, 3.05) is 37.0 Å². The van der Waals surface area contributed by atoms with Crippen LogP contribution in [-0.4, -0.2) is 40.7 Å². The van der Waals surface area contributed by atoms with Crippen molar-refractivity contribution >= 4 is 37.8 Å². The molecule has 0 aliphatic rings. The number of anilines is 2. The van der Waals surface area contributed by atoms with Gasteiger partial charge in [0.15, 0.2) is 9.84 Å². The van der Waals surface area contributed by atoms with Gasteiger partial charge >= 0.3 is 0 Å². The molecule has 3 N–H and O–H groups in total. The van der Waals surface area contributed by atoms with E-state index in [1.807, 2.05) is 6.92 Å². The lowest BCUT2D eigenvalue weighted by atomic mass is 10.3. The van der Waals surface area contributed by atoms with Crippen molar-refractivity contribution < 1.29 is 13.2 Å². The fourth-order valence-electron chi connectivity index (χ4n) is 1.54. The van der Waals surface area contributed by atoms with Gasteiger partial charge in [-0.1, -0.05) is 6.92 Å². The van der Waals surface area contributed by atoms with Gasteiger partial charge in [-0.3, -0.25) is 4.79 Å². The van der Waals surface area contributed by atoms with E-state index in [0.29, 0.717) is 11.5 Å². The Morgan fingerprint density at radius 2 is 2.00 bits per heavy atom. The summed E-state index contributed by atoms with van der Waals surface area (Å²) in [6.07, 6.45) is 0. The second-order valence-corrected chi connectivity index (χ2v) is 7.19. The van der Waals surface area contributed by atoms with E-state index >= 15 is 0 Å². The predicted octanol–water partition coefficient (Wildman–Crippen LogP) is 0.940. The van der Waals surface area contributed by atoms with E-state index in [4.69, 9.17) is 5.73 Å². The van der Waals surface area contributed by atoms with Crippen LogP contribution in [0, 0.1) is 0 Å². The highest BCUT2D eigenvalue weighted by molar-refractivity contribution is 7.92. The minimum absolute atomic E-state index is 0.0431. The first-order valence-corrected chi connectivity index (χ1v) is 8.35. The maximum Gasteiger partial charge on any atom is 0.263 e. The van der Waals surface area contributed by atoms with Crippen LogP contribution in [0.1, 0.15) is 23.5 Å². The third kappa shape index (κ3) is 2.84. The Kier molecular flexibility index (Phi) is 4.81. The van der Waals surface area contributed by atoms with Crippen LogP contribution in [0.15, 0.2) is 4.90 Å². The molecule has 108 valence electrons. The summed E-state index contributed by atoms with van der Waals surface area (Å²) in [6, 6.07) is 0. The van der Waals surface area contributed by atoms with Gasteiger partial charge in [-0.2, -0.15) is 0 Å². The monoisotopic (exact) mass is 305 g/mol. The molecule has 1 aromatic rings. The zero-order valence-corrected chi connectivity index (χ0v) is 13.1. The first-order chi connectivity index (χ1) is 8.80. The minimum Gasteiger partial charge on any atom is -0.396 e.